The number of amides is 1. The first-order chi connectivity index (χ1) is 14.4. The molecule has 1 fully saturated rings. The fourth-order valence-electron chi connectivity index (χ4n) is 3.21. The van der Waals surface area contributed by atoms with Crippen molar-refractivity contribution in [2.45, 2.75) is 30.5 Å². The van der Waals surface area contributed by atoms with Crippen LogP contribution in [0.25, 0.3) is 0 Å². The molecule has 1 amide bonds. The van der Waals surface area contributed by atoms with E-state index in [-0.39, 0.29) is 12.5 Å². The monoisotopic (exact) mass is 419 g/mol. The van der Waals surface area contributed by atoms with Crippen LogP contribution < -0.4 is 14.8 Å². The molecule has 1 saturated heterocycles. The molecule has 0 bridgehead atoms. The molecule has 0 spiro atoms. The minimum Gasteiger partial charge on any atom is -0.495 e. The number of rotatable bonds is 7. The molecule has 0 aromatic heterocycles. The van der Waals surface area contributed by atoms with Gasteiger partial charge in [0.05, 0.1) is 19.4 Å². The molecule has 3 rings (SSSR count). The lowest BCUT2D eigenvalue weighted by molar-refractivity contribution is -0.231. The van der Waals surface area contributed by atoms with Gasteiger partial charge in [-0.3, -0.25) is 4.79 Å². The Hall–Kier alpha value is -2.69. The van der Waals surface area contributed by atoms with Crippen LogP contribution in [0, 0.1) is 0 Å². The molecule has 0 aliphatic carbocycles. The van der Waals surface area contributed by atoms with Gasteiger partial charge in [0.25, 0.3) is 5.91 Å². The van der Waals surface area contributed by atoms with Crippen LogP contribution in [0.15, 0.2) is 48.5 Å². The lowest BCUT2D eigenvalue weighted by Crippen LogP contribution is -2.55. The number of benzene rings is 2. The SMILES string of the molecule is COc1ccccc1NC(=O)COc1ccc(C2OC(CO)C(O)C(O)C2O)cc1. The van der Waals surface area contributed by atoms with Gasteiger partial charge in [0, 0.05) is 0 Å². The van der Waals surface area contributed by atoms with Gasteiger partial charge >= 0.3 is 0 Å². The largest absolute Gasteiger partial charge is 0.495 e. The second kappa shape index (κ2) is 9.88. The molecule has 0 radical (unpaired) electrons. The third-order valence-electron chi connectivity index (χ3n) is 4.85. The molecule has 162 valence electrons. The van der Waals surface area contributed by atoms with Crippen LogP contribution in [-0.2, 0) is 9.53 Å². The molecule has 1 aliphatic rings. The second-order valence-corrected chi connectivity index (χ2v) is 6.86. The second-order valence-electron chi connectivity index (χ2n) is 6.86. The number of para-hydroxylation sites is 2. The summed E-state index contributed by atoms with van der Waals surface area (Å²) in [6, 6.07) is 13.4. The first kappa shape index (κ1) is 22.0. The molecular formula is C21H25NO8. The minimum atomic E-state index is -1.45. The van der Waals surface area contributed by atoms with Gasteiger partial charge in [-0.25, -0.2) is 0 Å². The summed E-state index contributed by atoms with van der Waals surface area (Å²) in [6.07, 6.45) is -6.13. The zero-order chi connectivity index (χ0) is 21.7. The summed E-state index contributed by atoms with van der Waals surface area (Å²) < 4.78 is 16.2. The van der Waals surface area contributed by atoms with Crippen molar-refractivity contribution in [3.05, 3.63) is 54.1 Å². The van der Waals surface area contributed by atoms with E-state index in [0.29, 0.717) is 22.7 Å². The maximum atomic E-state index is 12.1. The highest BCUT2D eigenvalue weighted by atomic mass is 16.5. The van der Waals surface area contributed by atoms with E-state index in [4.69, 9.17) is 14.2 Å². The van der Waals surface area contributed by atoms with Crippen LogP contribution in [0.1, 0.15) is 11.7 Å². The standard InChI is InChI=1S/C21H25NO8/c1-28-15-5-3-2-4-14(15)22-17(24)11-29-13-8-6-12(7-9-13)21-20(27)19(26)18(25)16(10-23)30-21/h2-9,16,18-21,23,25-27H,10-11H2,1H3,(H,22,24). The molecule has 2 aromatic rings. The number of hydrogen-bond donors (Lipinski definition) is 5. The molecule has 9 nitrogen and oxygen atoms in total. The fourth-order valence-corrected chi connectivity index (χ4v) is 3.21. The van der Waals surface area contributed by atoms with Crippen molar-refractivity contribution in [3.8, 4) is 11.5 Å². The Morgan fingerprint density at radius 2 is 1.73 bits per heavy atom. The predicted octanol–water partition coefficient (Wildman–Crippen LogP) is 0.228. The van der Waals surface area contributed by atoms with Crippen molar-refractivity contribution in [2.75, 3.05) is 25.6 Å². The highest BCUT2D eigenvalue weighted by Gasteiger charge is 2.43. The maximum absolute atomic E-state index is 12.1. The van der Waals surface area contributed by atoms with Gasteiger partial charge in [0.1, 0.15) is 42.0 Å². The van der Waals surface area contributed by atoms with E-state index in [9.17, 15) is 25.2 Å². The van der Waals surface area contributed by atoms with Gasteiger partial charge in [-0.2, -0.15) is 0 Å². The van der Waals surface area contributed by atoms with Crippen LogP contribution >= 0.6 is 0 Å². The average Bonchev–Trinajstić information content (AvgIpc) is 2.77. The van der Waals surface area contributed by atoms with Crippen LogP contribution in [0.5, 0.6) is 11.5 Å². The summed E-state index contributed by atoms with van der Waals surface area (Å²) >= 11 is 0. The van der Waals surface area contributed by atoms with Crippen LogP contribution in [0.4, 0.5) is 5.69 Å². The minimum absolute atomic E-state index is 0.225. The van der Waals surface area contributed by atoms with Crippen molar-refractivity contribution in [3.63, 3.8) is 0 Å². The van der Waals surface area contributed by atoms with E-state index < -0.39 is 37.1 Å². The molecule has 5 atom stereocenters. The number of aliphatic hydroxyl groups excluding tert-OH is 4. The molecule has 5 unspecified atom stereocenters. The predicted molar refractivity (Wildman–Crippen MR) is 106 cm³/mol. The topological polar surface area (TPSA) is 138 Å². The van der Waals surface area contributed by atoms with Gasteiger partial charge < -0.3 is 40.0 Å². The Morgan fingerprint density at radius 3 is 2.40 bits per heavy atom. The Bertz CT molecular complexity index is 841. The summed E-state index contributed by atoms with van der Waals surface area (Å²) in [7, 11) is 1.51. The Balaban J connectivity index is 1.58. The van der Waals surface area contributed by atoms with Gasteiger partial charge in [-0.1, -0.05) is 24.3 Å². The summed E-state index contributed by atoms with van der Waals surface area (Å²) in [5.74, 6) is 0.589. The smallest absolute Gasteiger partial charge is 0.262 e. The summed E-state index contributed by atoms with van der Waals surface area (Å²) in [5.41, 5.74) is 1.06. The summed E-state index contributed by atoms with van der Waals surface area (Å²) in [5, 5.41) is 42.0. The van der Waals surface area contributed by atoms with E-state index in [1.54, 1.807) is 48.5 Å². The van der Waals surface area contributed by atoms with Gasteiger partial charge in [-0.05, 0) is 29.8 Å². The van der Waals surface area contributed by atoms with E-state index in [2.05, 4.69) is 5.32 Å². The molecule has 30 heavy (non-hydrogen) atoms. The molecule has 1 aliphatic heterocycles. The molecule has 2 aromatic carbocycles. The number of carbonyl (C=O) groups excluding carboxylic acids is 1. The molecule has 0 saturated carbocycles. The van der Waals surface area contributed by atoms with Gasteiger partial charge in [0.15, 0.2) is 6.61 Å². The zero-order valence-electron chi connectivity index (χ0n) is 16.3. The van der Waals surface area contributed by atoms with Crippen molar-refractivity contribution in [1.29, 1.82) is 0 Å². The van der Waals surface area contributed by atoms with Gasteiger partial charge in [0.2, 0.25) is 0 Å². The Kier molecular flexibility index (Phi) is 7.24. The van der Waals surface area contributed by atoms with Crippen LogP contribution in [0.2, 0.25) is 0 Å². The van der Waals surface area contributed by atoms with E-state index >= 15 is 0 Å². The number of methoxy groups -OCH3 is 1. The Morgan fingerprint density at radius 1 is 1.03 bits per heavy atom. The maximum Gasteiger partial charge on any atom is 0.262 e. The number of nitrogens with one attached hydrogen (secondary N) is 1. The van der Waals surface area contributed by atoms with Crippen molar-refractivity contribution in [1.82, 2.24) is 0 Å². The van der Waals surface area contributed by atoms with Gasteiger partial charge in [-0.15, -0.1) is 0 Å². The van der Waals surface area contributed by atoms with Crippen molar-refractivity contribution in [2.24, 2.45) is 0 Å². The van der Waals surface area contributed by atoms with Crippen molar-refractivity contribution >= 4 is 11.6 Å². The number of anilines is 1. The Labute approximate surface area is 173 Å². The normalized spacial score (nSPS) is 26.1. The fraction of sp³-hybridized carbons (Fsp3) is 0.381. The van der Waals surface area contributed by atoms with E-state index in [0.717, 1.165) is 0 Å². The molecular weight excluding hydrogens is 394 g/mol. The molecule has 5 N–H and O–H groups in total. The number of ether oxygens (including phenoxy) is 3. The average molecular weight is 419 g/mol. The third kappa shape index (κ3) is 4.89. The number of aliphatic hydroxyl groups is 4. The van der Waals surface area contributed by atoms with Crippen LogP contribution in [-0.4, -0.2) is 71.1 Å². The first-order valence-electron chi connectivity index (χ1n) is 9.40. The first-order valence-corrected chi connectivity index (χ1v) is 9.40. The lowest BCUT2D eigenvalue weighted by atomic mass is 9.91. The molecule has 1 heterocycles. The number of hydrogen-bond acceptors (Lipinski definition) is 8. The van der Waals surface area contributed by atoms with E-state index in [1.165, 1.54) is 7.11 Å². The van der Waals surface area contributed by atoms with E-state index in [1.807, 2.05) is 0 Å². The zero-order valence-corrected chi connectivity index (χ0v) is 16.3. The highest BCUT2D eigenvalue weighted by Crippen LogP contribution is 2.33. The number of carbonyl (C=O) groups is 1. The van der Waals surface area contributed by atoms with Crippen molar-refractivity contribution < 1.29 is 39.4 Å². The third-order valence-corrected chi connectivity index (χ3v) is 4.85. The summed E-state index contributed by atoms with van der Waals surface area (Å²) in [6.45, 7) is -0.721. The highest BCUT2D eigenvalue weighted by molar-refractivity contribution is 5.93. The lowest BCUT2D eigenvalue weighted by Gasteiger charge is -2.40. The molecule has 9 heteroatoms. The van der Waals surface area contributed by atoms with Crippen LogP contribution in [0.3, 0.4) is 0 Å². The quantitative estimate of drug-likeness (QED) is 0.430. The summed E-state index contributed by atoms with van der Waals surface area (Å²) in [4.78, 5) is 12.1.